The Morgan fingerprint density at radius 2 is 0.900 bits per heavy atom. The monoisotopic (exact) mass is 766 g/mol. The van der Waals surface area contributed by atoms with Crippen molar-refractivity contribution >= 4 is 54.5 Å². The number of benzene rings is 9. The third kappa shape index (κ3) is 5.52. The fraction of sp³-hybridized carbons (Fsp3) is 0. The number of furan rings is 1. The smallest absolute Gasteiger partial charge is 0.166 e. The molecule has 0 saturated carbocycles. The lowest BCUT2D eigenvalue weighted by Gasteiger charge is -2.15. The SMILES string of the molecule is c1ccc(-c2nc(-c3cc(-c4cccc5ccccc45)cc(-c4cccc5c4oc4ccccc45)c3)nc(-c3cccc4c5ccccc5n(-c5ccccc5)c34)n2)cc1. The minimum absolute atomic E-state index is 0.582. The average molecular weight is 767 g/mol. The van der Waals surface area contributed by atoms with Gasteiger partial charge in [-0.05, 0) is 76.0 Å². The Labute approximate surface area is 345 Å². The fourth-order valence-corrected chi connectivity index (χ4v) is 8.91. The summed E-state index contributed by atoms with van der Waals surface area (Å²) in [6.45, 7) is 0. The van der Waals surface area contributed by atoms with Crippen LogP contribution in [-0.2, 0) is 0 Å². The van der Waals surface area contributed by atoms with Gasteiger partial charge >= 0.3 is 0 Å². The molecule has 0 aliphatic rings. The summed E-state index contributed by atoms with van der Waals surface area (Å²) in [5.41, 5.74) is 11.9. The number of hydrogen-bond acceptors (Lipinski definition) is 4. The summed E-state index contributed by atoms with van der Waals surface area (Å²) in [6.07, 6.45) is 0. The van der Waals surface area contributed by atoms with Crippen molar-refractivity contribution in [1.82, 2.24) is 19.5 Å². The van der Waals surface area contributed by atoms with E-state index in [0.717, 1.165) is 83.0 Å². The predicted molar refractivity (Wildman–Crippen MR) is 246 cm³/mol. The van der Waals surface area contributed by atoms with E-state index in [4.69, 9.17) is 19.4 Å². The Hall–Kier alpha value is -8.15. The van der Waals surface area contributed by atoms with Crippen LogP contribution in [-0.4, -0.2) is 19.5 Å². The van der Waals surface area contributed by atoms with Gasteiger partial charge < -0.3 is 8.98 Å². The molecule has 0 amide bonds. The Balaban J connectivity index is 1.15. The molecule has 0 N–H and O–H groups in total. The first kappa shape index (κ1) is 33.9. The van der Waals surface area contributed by atoms with Gasteiger partial charge in [0.05, 0.1) is 11.0 Å². The Morgan fingerprint density at radius 3 is 1.73 bits per heavy atom. The quantitative estimate of drug-likeness (QED) is 0.169. The molecule has 0 saturated heterocycles. The van der Waals surface area contributed by atoms with Crippen LogP contribution in [0.5, 0.6) is 0 Å². The summed E-state index contributed by atoms with van der Waals surface area (Å²) >= 11 is 0. The Kier molecular flexibility index (Phi) is 7.78. The van der Waals surface area contributed by atoms with Crippen molar-refractivity contribution in [3.8, 4) is 62.1 Å². The zero-order valence-electron chi connectivity index (χ0n) is 32.3. The number of fused-ring (bicyclic) bond motifs is 7. The van der Waals surface area contributed by atoms with Crippen LogP contribution in [0.1, 0.15) is 0 Å². The highest BCUT2D eigenvalue weighted by Gasteiger charge is 2.21. The number of rotatable bonds is 6. The maximum atomic E-state index is 6.62. The van der Waals surface area contributed by atoms with Crippen LogP contribution in [0.4, 0.5) is 0 Å². The molecule has 280 valence electrons. The molecule has 12 rings (SSSR count). The summed E-state index contributed by atoms with van der Waals surface area (Å²) in [5, 5.41) is 6.83. The van der Waals surface area contributed by atoms with Crippen molar-refractivity contribution in [3.05, 3.63) is 206 Å². The molecule has 0 atom stereocenters. The summed E-state index contributed by atoms with van der Waals surface area (Å²) in [5.74, 6) is 1.78. The third-order valence-electron chi connectivity index (χ3n) is 11.6. The molecule has 9 aromatic carbocycles. The molecule has 3 aromatic heterocycles. The molecule has 60 heavy (non-hydrogen) atoms. The van der Waals surface area contributed by atoms with E-state index in [1.54, 1.807) is 0 Å². The van der Waals surface area contributed by atoms with E-state index < -0.39 is 0 Å². The van der Waals surface area contributed by atoms with Crippen LogP contribution in [0.2, 0.25) is 0 Å². The maximum Gasteiger partial charge on any atom is 0.166 e. The zero-order chi connectivity index (χ0) is 39.6. The van der Waals surface area contributed by atoms with Crippen LogP contribution < -0.4 is 0 Å². The molecular weight excluding hydrogens is 733 g/mol. The summed E-state index contributed by atoms with van der Waals surface area (Å²) in [7, 11) is 0. The van der Waals surface area contributed by atoms with Crippen molar-refractivity contribution in [2.24, 2.45) is 0 Å². The molecule has 0 radical (unpaired) electrons. The van der Waals surface area contributed by atoms with Gasteiger partial charge in [-0.3, -0.25) is 0 Å². The average Bonchev–Trinajstić information content (AvgIpc) is 3.88. The van der Waals surface area contributed by atoms with E-state index in [0.29, 0.717) is 17.5 Å². The molecule has 3 heterocycles. The number of aromatic nitrogens is 4. The first-order valence-electron chi connectivity index (χ1n) is 20.2. The second-order valence-corrected chi connectivity index (χ2v) is 15.2. The topological polar surface area (TPSA) is 56.7 Å². The van der Waals surface area contributed by atoms with Gasteiger partial charge in [0, 0.05) is 49.5 Å². The van der Waals surface area contributed by atoms with Gasteiger partial charge in [-0.2, -0.15) is 0 Å². The summed E-state index contributed by atoms with van der Waals surface area (Å²) in [6, 6.07) is 72.1. The van der Waals surface area contributed by atoms with Gasteiger partial charge in [0.2, 0.25) is 0 Å². The first-order valence-corrected chi connectivity index (χ1v) is 20.2. The molecule has 12 aromatic rings. The molecular formula is C55H34N4O. The van der Waals surface area contributed by atoms with E-state index in [1.165, 1.54) is 16.2 Å². The van der Waals surface area contributed by atoms with Gasteiger partial charge in [-0.1, -0.05) is 158 Å². The maximum absolute atomic E-state index is 6.62. The van der Waals surface area contributed by atoms with Gasteiger partial charge in [-0.15, -0.1) is 0 Å². The molecule has 0 unspecified atom stereocenters. The largest absolute Gasteiger partial charge is 0.455 e. The van der Waals surface area contributed by atoms with Crippen LogP contribution in [0.3, 0.4) is 0 Å². The predicted octanol–water partition coefficient (Wildman–Crippen LogP) is 14.4. The standard InChI is InChI=1S/C55H34N4O/c1-3-17-36(18-4-1)53-56-54(58-55(57-53)48-29-15-27-46-44-23-9-11-30-49(44)59(51(46)48)40-20-5-2-6-21-40)39-33-37(42-25-13-19-35-16-7-8-22-41(35)42)32-38(34-39)43-26-14-28-47-45-24-10-12-31-50(45)60-52(43)47/h1-34H. The lowest BCUT2D eigenvalue weighted by atomic mass is 9.92. The summed E-state index contributed by atoms with van der Waals surface area (Å²) in [4.78, 5) is 16.0. The molecule has 0 bridgehead atoms. The van der Waals surface area contributed by atoms with Crippen LogP contribution >= 0.6 is 0 Å². The van der Waals surface area contributed by atoms with E-state index in [2.05, 4.69) is 180 Å². The van der Waals surface area contributed by atoms with Crippen LogP contribution in [0.25, 0.3) is 117 Å². The van der Waals surface area contributed by atoms with Gasteiger partial charge in [0.15, 0.2) is 17.5 Å². The van der Waals surface area contributed by atoms with Crippen LogP contribution in [0, 0.1) is 0 Å². The molecule has 0 fully saturated rings. The minimum Gasteiger partial charge on any atom is -0.455 e. The molecule has 5 nitrogen and oxygen atoms in total. The molecule has 5 heteroatoms. The van der Waals surface area contributed by atoms with Crippen molar-refractivity contribution < 1.29 is 4.42 Å². The molecule has 0 aliphatic heterocycles. The highest BCUT2D eigenvalue weighted by molar-refractivity contribution is 6.14. The van der Waals surface area contributed by atoms with Gasteiger partial charge in [0.1, 0.15) is 11.2 Å². The minimum atomic E-state index is 0.582. The van der Waals surface area contributed by atoms with Gasteiger partial charge in [0.25, 0.3) is 0 Å². The number of hydrogen-bond donors (Lipinski definition) is 0. The van der Waals surface area contributed by atoms with Crippen molar-refractivity contribution in [1.29, 1.82) is 0 Å². The zero-order valence-corrected chi connectivity index (χ0v) is 32.3. The molecule has 0 spiro atoms. The van der Waals surface area contributed by atoms with Gasteiger partial charge in [-0.25, -0.2) is 15.0 Å². The highest BCUT2D eigenvalue weighted by Crippen LogP contribution is 2.42. The van der Waals surface area contributed by atoms with Crippen molar-refractivity contribution in [2.45, 2.75) is 0 Å². The van der Waals surface area contributed by atoms with E-state index in [1.807, 2.05) is 30.3 Å². The second kappa shape index (κ2) is 13.8. The Morgan fingerprint density at radius 1 is 0.350 bits per heavy atom. The third-order valence-corrected chi connectivity index (χ3v) is 11.6. The lowest BCUT2D eigenvalue weighted by Crippen LogP contribution is -2.02. The number of nitrogens with zero attached hydrogens (tertiary/aromatic N) is 4. The number of para-hydroxylation sites is 5. The van der Waals surface area contributed by atoms with E-state index >= 15 is 0 Å². The van der Waals surface area contributed by atoms with E-state index in [-0.39, 0.29) is 0 Å². The molecule has 0 aliphatic carbocycles. The fourth-order valence-electron chi connectivity index (χ4n) is 8.91. The van der Waals surface area contributed by atoms with Crippen molar-refractivity contribution in [2.75, 3.05) is 0 Å². The summed E-state index contributed by atoms with van der Waals surface area (Å²) < 4.78 is 8.96. The normalized spacial score (nSPS) is 11.7. The van der Waals surface area contributed by atoms with Crippen LogP contribution in [0.15, 0.2) is 211 Å². The van der Waals surface area contributed by atoms with E-state index in [9.17, 15) is 0 Å². The lowest BCUT2D eigenvalue weighted by molar-refractivity contribution is 0.670. The highest BCUT2D eigenvalue weighted by atomic mass is 16.3. The first-order chi connectivity index (χ1) is 29.7. The van der Waals surface area contributed by atoms with Crippen molar-refractivity contribution in [3.63, 3.8) is 0 Å². The Bertz CT molecular complexity index is 3600. The second-order valence-electron chi connectivity index (χ2n) is 15.2.